The minimum absolute atomic E-state index is 0.0181. The molecule has 7 nitrogen and oxygen atoms in total. The first-order chi connectivity index (χ1) is 18.3. The van der Waals surface area contributed by atoms with E-state index in [0.29, 0.717) is 59.5 Å². The first-order valence-corrected chi connectivity index (χ1v) is 13.5. The Labute approximate surface area is 229 Å². The van der Waals surface area contributed by atoms with Crippen LogP contribution < -0.4 is 0 Å². The van der Waals surface area contributed by atoms with Gasteiger partial charge in [0.2, 0.25) is 0 Å². The number of aromatic nitrogens is 2. The summed E-state index contributed by atoms with van der Waals surface area (Å²) in [6.07, 6.45) is 6.05. The number of aliphatic hydroxyl groups is 1. The Morgan fingerprint density at radius 2 is 1.79 bits per heavy atom. The Hall–Kier alpha value is -2.97. The number of ether oxygens (including phenoxy) is 1. The standard InChI is InChI=1S/C29H26Cl2N2O5/c30-22-2-1-3-23(31)25(22)26-21(27(38-33-26)16-4-5-16)15-37-20-8-10-29(36,11-9-20)19-7-6-17-14-32-24(28(34)35)13-18(17)12-19/h1-3,6-7,12-14,16,20,36H,4-5,8-11,15H2,(H,34,35). The van der Waals surface area contributed by atoms with Gasteiger partial charge in [-0.15, -0.1) is 0 Å². The molecule has 38 heavy (non-hydrogen) atoms. The van der Waals surface area contributed by atoms with Gasteiger partial charge in [0.25, 0.3) is 0 Å². The van der Waals surface area contributed by atoms with E-state index in [0.717, 1.165) is 40.5 Å². The molecule has 2 aliphatic rings. The molecule has 9 heteroatoms. The topological polar surface area (TPSA) is 106 Å². The second kappa shape index (κ2) is 9.97. The predicted molar refractivity (Wildman–Crippen MR) is 144 cm³/mol. The third-order valence-corrected chi connectivity index (χ3v) is 8.30. The number of fused-ring (bicyclic) bond motifs is 1. The Balaban J connectivity index is 1.17. The fourth-order valence-corrected chi connectivity index (χ4v) is 5.90. The van der Waals surface area contributed by atoms with Crippen LogP contribution in [-0.4, -0.2) is 32.4 Å². The lowest BCUT2D eigenvalue weighted by atomic mass is 9.78. The molecule has 0 saturated heterocycles. The van der Waals surface area contributed by atoms with Crippen molar-refractivity contribution < 1.29 is 24.3 Å². The second-order valence-electron chi connectivity index (χ2n) is 10.2. The largest absolute Gasteiger partial charge is 0.477 e. The Bertz CT molecular complexity index is 1500. The summed E-state index contributed by atoms with van der Waals surface area (Å²) in [6, 6.07) is 12.5. The van der Waals surface area contributed by atoms with E-state index in [1.165, 1.54) is 0 Å². The third kappa shape index (κ3) is 4.80. The van der Waals surface area contributed by atoms with E-state index >= 15 is 0 Å². The molecule has 0 unspecified atom stereocenters. The summed E-state index contributed by atoms with van der Waals surface area (Å²) in [5.41, 5.74) is 1.92. The Morgan fingerprint density at radius 3 is 2.47 bits per heavy atom. The maximum atomic E-state index is 11.5. The van der Waals surface area contributed by atoms with Crippen molar-refractivity contribution in [3.63, 3.8) is 0 Å². The molecule has 2 N–H and O–H groups in total. The molecule has 0 radical (unpaired) electrons. The van der Waals surface area contributed by atoms with Gasteiger partial charge in [0.1, 0.15) is 17.1 Å². The van der Waals surface area contributed by atoms with Crippen molar-refractivity contribution in [2.24, 2.45) is 0 Å². The highest BCUT2D eigenvalue weighted by Gasteiger charge is 2.37. The number of rotatable bonds is 7. The lowest BCUT2D eigenvalue weighted by molar-refractivity contribution is -0.0640. The van der Waals surface area contributed by atoms with Crippen LogP contribution in [0, 0.1) is 0 Å². The van der Waals surface area contributed by atoms with E-state index in [1.54, 1.807) is 30.5 Å². The van der Waals surface area contributed by atoms with Gasteiger partial charge in [-0.25, -0.2) is 9.78 Å². The molecule has 6 rings (SSSR count). The molecule has 2 aromatic carbocycles. The second-order valence-corrected chi connectivity index (χ2v) is 11.0. The first-order valence-electron chi connectivity index (χ1n) is 12.7. The summed E-state index contributed by atoms with van der Waals surface area (Å²) >= 11 is 12.9. The highest BCUT2D eigenvalue weighted by atomic mass is 35.5. The minimum Gasteiger partial charge on any atom is -0.477 e. The lowest BCUT2D eigenvalue weighted by Gasteiger charge is -2.36. The highest BCUT2D eigenvalue weighted by molar-refractivity contribution is 6.39. The highest BCUT2D eigenvalue weighted by Crippen LogP contribution is 2.46. The average molecular weight is 553 g/mol. The van der Waals surface area contributed by atoms with Gasteiger partial charge in [-0.1, -0.05) is 46.6 Å². The number of hydrogen-bond acceptors (Lipinski definition) is 6. The lowest BCUT2D eigenvalue weighted by Crippen LogP contribution is -2.34. The van der Waals surface area contributed by atoms with E-state index < -0.39 is 11.6 Å². The van der Waals surface area contributed by atoms with Crippen LogP contribution in [0.2, 0.25) is 10.0 Å². The van der Waals surface area contributed by atoms with Crippen LogP contribution in [0.15, 0.2) is 53.2 Å². The van der Waals surface area contributed by atoms with Crippen LogP contribution in [0.4, 0.5) is 0 Å². The number of halogens is 2. The molecule has 196 valence electrons. The summed E-state index contributed by atoms with van der Waals surface area (Å²) in [6.45, 7) is 0.330. The molecule has 4 aromatic rings. The van der Waals surface area contributed by atoms with Crippen molar-refractivity contribution in [2.45, 2.75) is 62.8 Å². The molecule has 2 saturated carbocycles. The van der Waals surface area contributed by atoms with Gasteiger partial charge in [-0.05, 0) is 73.7 Å². The smallest absolute Gasteiger partial charge is 0.354 e. The number of hydrogen-bond donors (Lipinski definition) is 2. The molecule has 2 aromatic heterocycles. The zero-order chi connectivity index (χ0) is 26.4. The van der Waals surface area contributed by atoms with Gasteiger partial charge in [-0.3, -0.25) is 0 Å². The van der Waals surface area contributed by atoms with E-state index in [2.05, 4.69) is 10.1 Å². The number of nitrogens with zero attached hydrogens (tertiary/aromatic N) is 2. The quantitative estimate of drug-likeness (QED) is 0.251. The van der Waals surface area contributed by atoms with E-state index in [1.807, 2.05) is 18.2 Å². The van der Waals surface area contributed by atoms with Gasteiger partial charge < -0.3 is 19.5 Å². The normalized spacial score (nSPS) is 21.6. The summed E-state index contributed by atoms with van der Waals surface area (Å²) in [5, 5.41) is 27.7. The SMILES string of the molecule is O=C(O)c1cc2cc(C3(O)CCC(OCc4c(-c5c(Cl)cccc5Cl)noc4C4CC4)CC3)ccc2cn1. The van der Waals surface area contributed by atoms with Gasteiger partial charge in [0.05, 0.1) is 28.4 Å². The van der Waals surface area contributed by atoms with Gasteiger partial charge in [0.15, 0.2) is 0 Å². The third-order valence-electron chi connectivity index (χ3n) is 7.67. The van der Waals surface area contributed by atoms with Crippen LogP contribution >= 0.6 is 23.2 Å². The fourth-order valence-electron chi connectivity index (χ4n) is 5.32. The van der Waals surface area contributed by atoms with Crippen LogP contribution in [0.3, 0.4) is 0 Å². The van der Waals surface area contributed by atoms with Crippen molar-refractivity contribution in [1.29, 1.82) is 0 Å². The Kier molecular flexibility index (Phi) is 6.64. The number of pyridine rings is 1. The Morgan fingerprint density at radius 1 is 1.05 bits per heavy atom. The zero-order valence-electron chi connectivity index (χ0n) is 20.5. The van der Waals surface area contributed by atoms with Crippen LogP contribution in [0.25, 0.3) is 22.0 Å². The molecule has 2 aliphatic carbocycles. The molecule has 2 heterocycles. The van der Waals surface area contributed by atoms with Crippen LogP contribution in [0.5, 0.6) is 0 Å². The molecular weight excluding hydrogens is 527 g/mol. The van der Waals surface area contributed by atoms with Crippen molar-refractivity contribution in [1.82, 2.24) is 10.1 Å². The summed E-state index contributed by atoms with van der Waals surface area (Å²) < 4.78 is 12.1. The molecular formula is C29H26Cl2N2O5. The number of carboxylic acids is 1. The first kappa shape index (κ1) is 25.3. The van der Waals surface area contributed by atoms with Crippen LogP contribution in [-0.2, 0) is 16.9 Å². The van der Waals surface area contributed by atoms with Gasteiger partial charge in [0, 0.05) is 28.6 Å². The zero-order valence-corrected chi connectivity index (χ0v) is 22.0. The number of carbonyl (C=O) groups is 1. The number of benzene rings is 2. The summed E-state index contributed by atoms with van der Waals surface area (Å²) in [5.74, 6) is 0.110. The van der Waals surface area contributed by atoms with E-state index in [9.17, 15) is 15.0 Å². The minimum atomic E-state index is -1.08. The van der Waals surface area contributed by atoms with Crippen molar-refractivity contribution in [3.05, 3.63) is 81.3 Å². The summed E-state index contributed by atoms with van der Waals surface area (Å²) in [7, 11) is 0. The number of carboxylic acid groups (broad SMARTS) is 1. The van der Waals surface area contributed by atoms with Crippen molar-refractivity contribution in [3.8, 4) is 11.3 Å². The molecule has 0 aliphatic heterocycles. The summed E-state index contributed by atoms with van der Waals surface area (Å²) in [4.78, 5) is 15.3. The van der Waals surface area contributed by atoms with E-state index in [4.69, 9.17) is 32.5 Å². The maximum Gasteiger partial charge on any atom is 0.354 e. The molecule has 2 fully saturated rings. The average Bonchev–Trinajstić information content (AvgIpc) is 3.68. The number of aromatic carboxylic acids is 1. The fraction of sp³-hybridized carbons (Fsp3) is 0.345. The predicted octanol–water partition coefficient (Wildman–Crippen LogP) is 7.12. The van der Waals surface area contributed by atoms with Crippen LogP contribution in [0.1, 0.15) is 71.8 Å². The molecule has 0 amide bonds. The molecule has 0 bridgehead atoms. The molecule has 0 atom stereocenters. The monoisotopic (exact) mass is 552 g/mol. The van der Waals surface area contributed by atoms with Crippen molar-refractivity contribution >= 4 is 39.9 Å². The van der Waals surface area contributed by atoms with E-state index in [-0.39, 0.29) is 11.8 Å². The van der Waals surface area contributed by atoms with Crippen molar-refractivity contribution in [2.75, 3.05) is 0 Å². The maximum absolute atomic E-state index is 11.5. The van der Waals surface area contributed by atoms with Gasteiger partial charge >= 0.3 is 5.97 Å². The molecule has 0 spiro atoms. The van der Waals surface area contributed by atoms with Gasteiger partial charge in [-0.2, -0.15) is 0 Å².